The normalized spacial score (nSPS) is 15.0. The Morgan fingerprint density at radius 1 is 1.17 bits per heavy atom. The van der Waals surface area contributed by atoms with E-state index in [1.807, 2.05) is 42.3 Å². The Bertz CT molecular complexity index is 1550. The van der Waals surface area contributed by atoms with E-state index in [9.17, 15) is 18.0 Å². The molecule has 0 aliphatic carbocycles. The molecule has 12 heteroatoms. The minimum Gasteiger partial charge on any atom is -0.497 e. The lowest BCUT2D eigenvalue weighted by Gasteiger charge is -2.19. The number of carbonyl (C=O) groups is 1. The quantitative estimate of drug-likeness (QED) is 0.296. The van der Waals surface area contributed by atoms with Crippen molar-refractivity contribution < 1.29 is 27.4 Å². The molecule has 1 fully saturated rings. The molecular weight excluding hydrogens is 537 g/mol. The number of aromatic nitrogens is 3. The van der Waals surface area contributed by atoms with Gasteiger partial charge < -0.3 is 24.6 Å². The van der Waals surface area contributed by atoms with E-state index < -0.39 is 24.6 Å². The number of fused-ring (bicyclic) bond motifs is 1. The summed E-state index contributed by atoms with van der Waals surface area (Å²) in [5.74, 6) is 0.687. The minimum absolute atomic E-state index is 0.00236. The van der Waals surface area contributed by atoms with E-state index in [2.05, 4.69) is 25.0 Å². The predicted octanol–water partition coefficient (Wildman–Crippen LogP) is 5.63. The third-order valence-corrected chi connectivity index (χ3v) is 6.93. The number of likely N-dealkylation sites (tertiary alicyclic amines) is 1. The summed E-state index contributed by atoms with van der Waals surface area (Å²) in [6, 6.07) is 11.9. The molecule has 0 bridgehead atoms. The highest BCUT2D eigenvalue weighted by Gasteiger charge is 2.29. The van der Waals surface area contributed by atoms with E-state index in [0.717, 1.165) is 11.3 Å². The van der Waals surface area contributed by atoms with Crippen LogP contribution in [0.15, 0.2) is 54.9 Å². The van der Waals surface area contributed by atoms with Gasteiger partial charge in [-0.15, -0.1) is 0 Å². The number of halogens is 3. The number of carbonyl (C=O) groups excluding carboxylic acids is 1. The third-order valence-electron chi connectivity index (χ3n) is 6.93. The second kappa shape index (κ2) is 12.0. The lowest BCUT2D eigenvalue weighted by Crippen LogP contribution is -2.34. The van der Waals surface area contributed by atoms with Crippen LogP contribution in [0.1, 0.15) is 17.5 Å². The number of urea groups is 1. The first-order valence-corrected chi connectivity index (χ1v) is 13.0. The second-order valence-corrected chi connectivity index (χ2v) is 9.84. The first-order chi connectivity index (χ1) is 19.7. The summed E-state index contributed by atoms with van der Waals surface area (Å²) in [5.41, 5.74) is 3.55. The number of ether oxygens (including phenoxy) is 2. The topological polar surface area (TPSA) is 92.7 Å². The summed E-state index contributed by atoms with van der Waals surface area (Å²) in [7, 11) is 3.52. The van der Waals surface area contributed by atoms with E-state index in [1.54, 1.807) is 26.4 Å². The van der Waals surface area contributed by atoms with Gasteiger partial charge in [0.25, 0.3) is 0 Å². The number of aryl methyl sites for hydroxylation is 1. The van der Waals surface area contributed by atoms with Crippen LogP contribution in [0.3, 0.4) is 0 Å². The Balaban J connectivity index is 1.32. The van der Waals surface area contributed by atoms with Crippen molar-refractivity contribution in [2.24, 2.45) is 0 Å². The number of rotatable bonds is 8. The summed E-state index contributed by atoms with van der Waals surface area (Å²) >= 11 is 0. The first-order valence-electron chi connectivity index (χ1n) is 13.0. The van der Waals surface area contributed by atoms with Crippen LogP contribution < -0.4 is 15.0 Å². The highest BCUT2D eigenvalue weighted by Crippen LogP contribution is 2.31. The number of anilines is 2. The van der Waals surface area contributed by atoms with Crippen molar-refractivity contribution in [2.75, 3.05) is 37.5 Å². The molecule has 2 aromatic carbocycles. The van der Waals surface area contributed by atoms with Crippen LogP contribution in [0.25, 0.3) is 22.2 Å². The van der Waals surface area contributed by atoms with Crippen molar-refractivity contribution in [2.45, 2.75) is 32.6 Å². The zero-order chi connectivity index (χ0) is 29.1. The standard InChI is InChI=1S/C29H29F3N6O3/c1-17-10-24(30)25(35-29(39)38-9-8-22(16-38)41-27(31)32)12-23(17)19-11-20-14-34-28(36-26(20)33-13-19)37(2)15-18-4-6-21(40-3)7-5-18/h4-7,10-14,22,27H,8-9,15-16H2,1-3H3,(H,35,39). The monoisotopic (exact) mass is 566 g/mol. The van der Waals surface area contributed by atoms with Crippen molar-refractivity contribution in [3.63, 3.8) is 0 Å². The average molecular weight is 567 g/mol. The molecule has 4 aromatic rings. The molecule has 0 radical (unpaired) electrons. The van der Waals surface area contributed by atoms with Gasteiger partial charge in [-0.2, -0.15) is 13.8 Å². The van der Waals surface area contributed by atoms with Gasteiger partial charge in [0.05, 0.1) is 18.9 Å². The van der Waals surface area contributed by atoms with Gasteiger partial charge >= 0.3 is 12.6 Å². The van der Waals surface area contributed by atoms with Crippen molar-refractivity contribution >= 4 is 28.7 Å². The van der Waals surface area contributed by atoms with Crippen LogP contribution in [0.4, 0.5) is 29.6 Å². The van der Waals surface area contributed by atoms with E-state index >= 15 is 0 Å². The fourth-order valence-electron chi connectivity index (χ4n) is 4.76. The molecule has 1 aliphatic heterocycles. The highest BCUT2D eigenvalue weighted by molar-refractivity contribution is 5.91. The minimum atomic E-state index is -2.91. The molecule has 214 valence electrons. The molecule has 1 N–H and O–H groups in total. The Kier molecular flexibility index (Phi) is 8.20. The zero-order valence-electron chi connectivity index (χ0n) is 22.8. The van der Waals surface area contributed by atoms with Crippen LogP contribution in [0, 0.1) is 12.7 Å². The number of amides is 2. The lowest BCUT2D eigenvalue weighted by molar-refractivity contribution is -0.158. The molecular formula is C29H29F3N6O3. The lowest BCUT2D eigenvalue weighted by atomic mass is 10.0. The van der Waals surface area contributed by atoms with Gasteiger partial charge in [0.1, 0.15) is 11.6 Å². The van der Waals surface area contributed by atoms with Crippen LogP contribution in [-0.4, -0.2) is 65.8 Å². The first kappa shape index (κ1) is 28.1. The number of alkyl halides is 2. The maximum Gasteiger partial charge on any atom is 0.345 e. The highest BCUT2D eigenvalue weighted by atomic mass is 19.3. The molecule has 5 rings (SSSR count). The van der Waals surface area contributed by atoms with Gasteiger partial charge in [-0.1, -0.05) is 12.1 Å². The van der Waals surface area contributed by atoms with Gasteiger partial charge in [0.2, 0.25) is 5.95 Å². The van der Waals surface area contributed by atoms with Crippen LogP contribution >= 0.6 is 0 Å². The SMILES string of the molecule is COc1ccc(CN(C)c2ncc3cc(-c4cc(NC(=O)N5CCC(OC(F)F)C5)c(F)cc4C)cnc3n2)cc1. The summed E-state index contributed by atoms with van der Waals surface area (Å²) in [5, 5.41) is 3.25. The Hall–Kier alpha value is -4.45. The number of nitrogens with zero attached hydrogens (tertiary/aromatic N) is 5. The molecule has 1 aliphatic rings. The van der Waals surface area contributed by atoms with Crippen molar-refractivity contribution in [1.29, 1.82) is 0 Å². The van der Waals surface area contributed by atoms with Gasteiger partial charge in [-0.05, 0) is 60.4 Å². The van der Waals surface area contributed by atoms with Gasteiger partial charge in [0, 0.05) is 50.0 Å². The van der Waals surface area contributed by atoms with Crippen molar-refractivity contribution in [3.05, 3.63) is 71.8 Å². The molecule has 9 nitrogen and oxygen atoms in total. The van der Waals surface area contributed by atoms with E-state index in [0.29, 0.717) is 40.2 Å². The number of nitrogens with one attached hydrogen (secondary N) is 1. The average Bonchev–Trinajstić information content (AvgIpc) is 3.42. The van der Waals surface area contributed by atoms with Crippen LogP contribution in [0.2, 0.25) is 0 Å². The molecule has 2 amide bonds. The predicted molar refractivity (Wildman–Crippen MR) is 149 cm³/mol. The number of pyridine rings is 1. The molecule has 41 heavy (non-hydrogen) atoms. The summed E-state index contributed by atoms with van der Waals surface area (Å²) in [6.07, 6.45) is 2.85. The Morgan fingerprint density at radius 3 is 2.68 bits per heavy atom. The van der Waals surface area contributed by atoms with Crippen molar-refractivity contribution in [1.82, 2.24) is 19.9 Å². The maximum absolute atomic E-state index is 14.8. The van der Waals surface area contributed by atoms with Gasteiger partial charge in [-0.3, -0.25) is 0 Å². The number of methoxy groups -OCH3 is 1. The van der Waals surface area contributed by atoms with E-state index in [4.69, 9.17) is 4.74 Å². The molecule has 1 atom stereocenters. The third kappa shape index (κ3) is 6.49. The molecule has 2 aromatic heterocycles. The Labute approximate surface area is 234 Å². The summed E-state index contributed by atoms with van der Waals surface area (Å²) in [6.45, 7) is -0.325. The van der Waals surface area contributed by atoms with E-state index in [1.165, 1.54) is 17.0 Å². The smallest absolute Gasteiger partial charge is 0.345 e. The molecule has 1 unspecified atom stereocenters. The molecule has 0 spiro atoms. The zero-order valence-corrected chi connectivity index (χ0v) is 22.8. The summed E-state index contributed by atoms with van der Waals surface area (Å²) in [4.78, 5) is 29.6. The van der Waals surface area contributed by atoms with Crippen LogP contribution in [-0.2, 0) is 11.3 Å². The van der Waals surface area contributed by atoms with Crippen molar-refractivity contribution in [3.8, 4) is 16.9 Å². The summed E-state index contributed by atoms with van der Waals surface area (Å²) < 4.78 is 49.5. The van der Waals surface area contributed by atoms with Gasteiger partial charge in [-0.25, -0.2) is 19.2 Å². The second-order valence-electron chi connectivity index (χ2n) is 9.84. The molecule has 1 saturated heterocycles. The molecule has 3 heterocycles. The van der Waals surface area contributed by atoms with E-state index in [-0.39, 0.29) is 25.2 Å². The largest absolute Gasteiger partial charge is 0.497 e. The number of benzene rings is 2. The van der Waals surface area contributed by atoms with Crippen LogP contribution in [0.5, 0.6) is 5.75 Å². The Morgan fingerprint density at radius 2 is 1.95 bits per heavy atom. The number of hydrogen-bond acceptors (Lipinski definition) is 7. The van der Waals surface area contributed by atoms with Gasteiger partial charge in [0.15, 0.2) is 5.65 Å². The fraction of sp³-hybridized carbons (Fsp3) is 0.310. The fourth-order valence-corrected chi connectivity index (χ4v) is 4.76. The molecule has 0 saturated carbocycles. The number of hydrogen-bond donors (Lipinski definition) is 1. The maximum atomic E-state index is 14.8.